The number of benzene rings is 1. The zero-order valence-corrected chi connectivity index (χ0v) is 18.6. The number of aromatic nitrogens is 1. The fourth-order valence-corrected chi connectivity index (χ4v) is 4.51. The average molecular weight is 425 g/mol. The first-order chi connectivity index (χ1) is 13.1. The summed E-state index contributed by atoms with van der Waals surface area (Å²) in [5, 5.41) is 4.13. The van der Waals surface area contributed by atoms with Gasteiger partial charge in [0.25, 0.3) is 0 Å². The maximum Gasteiger partial charge on any atom is 0.238 e. The Morgan fingerprint density at radius 3 is 2.46 bits per heavy atom. The summed E-state index contributed by atoms with van der Waals surface area (Å²) < 4.78 is 30.8. The second-order valence-corrected chi connectivity index (χ2v) is 10.5. The Balaban J connectivity index is 2.09. The van der Waals surface area contributed by atoms with Crippen molar-refractivity contribution in [1.82, 2.24) is 10.3 Å². The minimum Gasteiger partial charge on any atom is -0.494 e. The van der Waals surface area contributed by atoms with Crippen molar-refractivity contribution < 1.29 is 17.9 Å². The molecule has 1 N–H and O–H groups in total. The van der Waals surface area contributed by atoms with Gasteiger partial charge in [0.2, 0.25) is 5.91 Å². The van der Waals surface area contributed by atoms with E-state index in [0.717, 1.165) is 16.3 Å². The zero-order chi connectivity index (χ0) is 20.9. The van der Waals surface area contributed by atoms with Crippen LogP contribution < -0.4 is 10.1 Å². The second kappa shape index (κ2) is 9.05. The van der Waals surface area contributed by atoms with Crippen molar-refractivity contribution in [2.45, 2.75) is 57.6 Å². The van der Waals surface area contributed by atoms with E-state index >= 15 is 0 Å². The molecule has 1 aromatic heterocycles. The number of nitrogens with one attached hydrogen (secondary N) is 1. The number of rotatable bonds is 9. The lowest BCUT2D eigenvalue weighted by molar-refractivity contribution is -0.122. The van der Waals surface area contributed by atoms with Crippen molar-refractivity contribution in [1.29, 1.82) is 0 Å². The predicted molar refractivity (Wildman–Crippen MR) is 113 cm³/mol. The standard InChI is InChI=1S/C20H28N2O4S2/c1-6-20(4,5)22-18(23)14(3)28(24,25)13-16-12-27-19(21-16)15-8-10-17(11-9-15)26-7-2/h8-12,14H,6-7,13H2,1-5H3,(H,22,23). The number of ether oxygens (including phenoxy) is 1. The molecule has 0 aliphatic carbocycles. The van der Waals surface area contributed by atoms with Crippen molar-refractivity contribution >= 4 is 27.1 Å². The van der Waals surface area contributed by atoms with Gasteiger partial charge in [-0.25, -0.2) is 13.4 Å². The highest BCUT2D eigenvalue weighted by molar-refractivity contribution is 7.92. The molecule has 154 valence electrons. The Labute approximate surface area is 171 Å². The van der Waals surface area contributed by atoms with Crippen molar-refractivity contribution in [3.05, 3.63) is 35.3 Å². The van der Waals surface area contributed by atoms with Gasteiger partial charge in [-0.1, -0.05) is 6.92 Å². The minimum atomic E-state index is -3.66. The van der Waals surface area contributed by atoms with Crippen LogP contribution in [0, 0.1) is 0 Å². The summed E-state index contributed by atoms with van der Waals surface area (Å²) in [6, 6.07) is 7.51. The Hall–Kier alpha value is -1.93. The van der Waals surface area contributed by atoms with E-state index in [9.17, 15) is 13.2 Å². The summed E-state index contributed by atoms with van der Waals surface area (Å²) in [7, 11) is -3.66. The van der Waals surface area contributed by atoms with Crippen LogP contribution in [0.5, 0.6) is 5.75 Å². The van der Waals surface area contributed by atoms with Crippen LogP contribution >= 0.6 is 11.3 Å². The first-order valence-corrected chi connectivity index (χ1v) is 11.9. The van der Waals surface area contributed by atoms with Crippen molar-refractivity contribution in [2.24, 2.45) is 0 Å². The third kappa shape index (κ3) is 5.78. The number of thiazole rings is 1. The molecule has 1 aromatic carbocycles. The van der Waals surface area contributed by atoms with Crippen LogP contribution in [-0.4, -0.2) is 36.7 Å². The summed E-state index contributed by atoms with van der Waals surface area (Å²) in [5.41, 5.74) is 0.901. The Kier molecular flexibility index (Phi) is 7.22. The Morgan fingerprint density at radius 1 is 1.25 bits per heavy atom. The highest BCUT2D eigenvalue weighted by Gasteiger charge is 2.31. The molecule has 1 amide bonds. The number of carbonyl (C=O) groups is 1. The van der Waals surface area contributed by atoms with Crippen LogP contribution in [0.4, 0.5) is 0 Å². The molecule has 0 saturated carbocycles. The van der Waals surface area contributed by atoms with Gasteiger partial charge in [0, 0.05) is 16.5 Å². The van der Waals surface area contributed by atoms with E-state index in [1.165, 1.54) is 18.3 Å². The lowest BCUT2D eigenvalue weighted by Gasteiger charge is -2.26. The molecule has 0 radical (unpaired) electrons. The molecule has 0 fully saturated rings. The fourth-order valence-electron chi connectivity index (χ4n) is 2.38. The van der Waals surface area contributed by atoms with Crippen molar-refractivity contribution in [3.8, 4) is 16.3 Å². The molecule has 1 unspecified atom stereocenters. The van der Waals surface area contributed by atoms with E-state index in [1.807, 2.05) is 52.0 Å². The van der Waals surface area contributed by atoms with Gasteiger partial charge >= 0.3 is 0 Å². The van der Waals surface area contributed by atoms with Gasteiger partial charge < -0.3 is 10.1 Å². The molecule has 0 aliphatic heterocycles. The summed E-state index contributed by atoms with van der Waals surface area (Å²) in [4.78, 5) is 16.8. The third-order valence-corrected chi connectivity index (χ3v) is 7.50. The molecule has 0 spiro atoms. The first-order valence-electron chi connectivity index (χ1n) is 9.29. The molecular weight excluding hydrogens is 396 g/mol. The van der Waals surface area contributed by atoms with E-state index in [-0.39, 0.29) is 5.75 Å². The van der Waals surface area contributed by atoms with E-state index < -0.39 is 26.5 Å². The van der Waals surface area contributed by atoms with Crippen LogP contribution in [0.3, 0.4) is 0 Å². The van der Waals surface area contributed by atoms with Crippen LogP contribution in [-0.2, 0) is 20.4 Å². The van der Waals surface area contributed by atoms with E-state index in [4.69, 9.17) is 4.74 Å². The average Bonchev–Trinajstić information content (AvgIpc) is 3.09. The molecule has 6 nitrogen and oxygen atoms in total. The molecule has 1 atom stereocenters. The van der Waals surface area contributed by atoms with Crippen molar-refractivity contribution in [2.75, 3.05) is 6.61 Å². The van der Waals surface area contributed by atoms with E-state index in [2.05, 4.69) is 10.3 Å². The molecule has 8 heteroatoms. The number of sulfone groups is 1. The number of amides is 1. The van der Waals surface area contributed by atoms with Gasteiger partial charge in [-0.3, -0.25) is 4.79 Å². The summed E-state index contributed by atoms with van der Waals surface area (Å²) in [5.74, 6) is 0.0380. The lowest BCUT2D eigenvalue weighted by atomic mass is 10.0. The molecule has 0 saturated heterocycles. The van der Waals surface area contributed by atoms with Gasteiger partial charge in [-0.05, 0) is 58.4 Å². The second-order valence-electron chi connectivity index (χ2n) is 7.28. The number of carbonyl (C=O) groups excluding carboxylic acids is 1. The molecule has 1 heterocycles. The van der Waals surface area contributed by atoms with Crippen LogP contribution in [0.1, 0.15) is 46.7 Å². The number of hydrogen-bond donors (Lipinski definition) is 1. The molecule has 2 aromatic rings. The minimum absolute atomic E-state index is 0.262. The van der Waals surface area contributed by atoms with Crippen LogP contribution in [0.2, 0.25) is 0 Å². The van der Waals surface area contributed by atoms with Gasteiger partial charge in [0.1, 0.15) is 16.0 Å². The SMILES string of the molecule is CCOc1ccc(-c2nc(CS(=O)(=O)C(C)C(=O)NC(C)(C)CC)cs2)cc1. The van der Waals surface area contributed by atoms with Gasteiger partial charge in [0.05, 0.1) is 18.1 Å². The Morgan fingerprint density at radius 2 is 1.89 bits per heavy atom. The molecule has 0 bridgehead atoms. The molecule has 28 heavy (non-hydrogen) atoms. The number of hydrogen-bond acceptors (Lipinski definition) is 6. The highest BCUT2D eigenvalue weighted by Crippen LogP contribution is 2.27. The maximum atomic E-state index is 12.7. The predicted octanol–water partition coefficient (Wildman–Crippen LogP) is 3.82. The molecular formula is C20H28N2O4S2. The van der Waals surface area contributed by atoms with Gasteiger partial charge in [-0.2, -0.15) is 0 Å². The highest BCUT2D eigenvalue weighted by atomic mass is 32.2. The van der Waals surface area contributed by atoms with Crippen LogP contribution in [0.15, 0.2) is 29.6 Å². The Bertz CT molecular complexity index is 903. The maximum absolute atomic E-state index is 12.7. The first kappa shape index (κ1) is 22.4. The van der Waals surface area contributed by atoms with E-state index in [0.29, 0.717) is 18.7 Å². The lowest BCUT2D eigenvalue weighted by Crippen LogP contribution is -2.48. The van der Waals surface area contributed by atoms with E-state index in [1.54, 1.807) is 5.38 Å². The smallest absolute Gasteiger partial charge is 0.238 e. The van der Waals surface area contributed by atoms with Crippen molar-refractivity contribution in [3.63, 3.8) is 0 Å². The molecule has 0 aliphatic rings. The van der Waals surface area contributed by atoms with Gasteiger partial charge in [0.15, 0.2) is 9.84 Å². The topological polar surface area (TPSA) is 85.4 Å². The zero-order valence-electron chi connectivity index (χ0n) is 17.0. The van der Waals surface area contributed by atoms with Gasteiger partial charge in [-0.15, -0.1) is 11.3 Å². The monoisotopic (exact) mass is 424 g/mol. The third-order valence-electron chi connectivity index (χ3n) is 4.57. The summed E-state index contributed by atoms with van der Waals surface area (Å²) in [6.07, 6.45) is 0.711. The van der Waals surface area contributed by atoms with Crippen LogP contribution in [0.25, 0.3) is 10.6 Å². The molecule has 2 rings (SSSR count). The summed E-state index contributed by atoms with van der Waals surface area (Å²) >= 11 is 1.38. The summed E-state index contributed by atoms with van der Waals surface area (Å²) in [6.45, 7) is 9.63. The largest absolute Gasteiger partial charge is 0.494 e. The number of nitrogens with zero attached hydrogens (tertiary/aromatic N) is 1. The fraction of sp³-hybridized carbons (Fsp3) is 0.500. The quantitative estimate of drug-likeness (QED) is 0.661. The normalized spacial score (nSPS) is 13.2.